The van der Waals surface area contributed by atoms with Crippen molar-refractivity contribution < 1.29 is 29.0 Å². The number of piperidine rings is 2. The maximum absolute atomic E-state index is 14.5. The molecule has 3 aromatic rings. The Bertz CT molecular complexity index is 1490. The van der Waals surface area contributed by atoms with Crippen molar-refractivity contribution in [3.63, 3.8) is 0 Å². The Morgan fingerprint density at radius 2 is 1.80 bits per heavy atom. The summed E-state index contributed by atoms with van der Waals surface area (Å²) in [5.74, 6) is -2.00. The van der Waals surface area contributed by atoms with Crippen LogP contribution in [-0.4, -0.2) is 87.7 Å². The first-order valence-corrected chi connectivity index (χ1v) is 14.0. The third-order valence-corrected chi connectivity index (χ3v) is 8.61. The molecule has 0 atom stereocenters. The SMILES string of the molecule is O=C1CCN(c2cccc3c2cnn3C2CCN(CC3(O)CCN(c4ccc(C(=O)O)cc4F)CC3)CC2)C(=O)N1. The molecular weight excluding hydrogens is 531 g/mol. The molecule has 4 heterocycles. The van der Waals surface area contributed by atoms with Gasteiger partial charge < -0.3 is 20.0 Å². The van der Waals surface area contributed by atoms with Gasteiger partial charge in [0.1, 0.15) is 5.82 Å². The highest BCUT2D eigenvalue weighted by molar-refractivity contribution is 6.09. The van der Waals surface area contributed by atoms with Crippen LogP contribution in [0.25, 0.3) is 10.9 Å². The average molecular weight is 565 g/mol. The molecule has 0 saturated carbocycles. The summed E-state index contributed by atoms with van der Waals surface area (Å²) in [5.41, 5.74) is 1.09. The number of imide groups is 1. The van der Waals surface area contributed by atoms with Gasteiger partial charge in [0.2, 0.25) is 5.91 Å². The molecule has 3 N–H and O–H groups in total. The molecule has 0 aliphatic carbocycles. The Kier molecular flexibility index (Phi) is 7.12. The number of nitrogens with zero attached hydrogens (tertiary/aromatic N) is 5. The Hall–Kier alpha value is -4.03. The fourth-order valence-corrected chi connectivity index (χ4v) is 6.33. The van der Waals surface area contributed by atoms with E-state index in [1.54, 1.807) is 11.1 Å². The lowest BCUT2D eigenvalue weighted by Crippen LogP contribution is -2.52. The molecule has 3 saturated heterocycles. The number of benzene rings is 2. The molecule has 0 unspecified atom stereocenters. The Morgan fingerprint density at radius 1 is 1.05 bits per heavy atom. The minimum Gasteiger partial charge on any atom is -0.478 e. The van der Waals surface area contributed by atoms with Crippen LogP contribution in [-0.2, 0) is 4.79 Å². The molecular formula is C29H33FN6O5. The van der Waals surface area contributed by atoms with Crippen LogP contribution in [0.5, 0.6) is 0 Å². The Labute approximate surface area is 236 Å². The number of aliphatic hydroxyl groups is 1. The predicted octanol–water partition coefficient (Wildman–Crippen LogP) is 2.99. The molecule has 3 amide bonds. The number of aromatic carboxylic acids is 1. The highest BCUT2D eigenvalue weighted by Gasteiger charge is 2.36. The van der Waals surface area contributed by atoms with Gasteiger partial charge in [0, 0.05) is 51.1 Å². The highest BCUT2D eigenvalue weighted by atomic mass is 19.1. The van der Waals surface area contributed by atoms with E-state index in [0.717, 1.165) is 48.6 Å². The third kappa shape index (κ3) is 5.36. The molecule has 3 aliphatic heterocycles. The number of fused-ring (bicyclic) bond motifs is 1. The van der Waals surface area contributed by atoms with Crippen molar-refractivity contribution in [2.45, 2.75) is 43.7 Å². The number of hydrogen-bond acceptors (Lipinski definition) is 7. The first-order valence-electron chi connectivity index (χ1n) is 14.0. The highest BCUT2D eigenvalue weighted by Crippen LogP contribution is 2.34. The number of amides is 3. The predicted molar refractivity (Wildman–Crippen MR) is 150 cm³/mol. The van der Waals surface area contributed by atoms with Gasteiger partial charge in [-0.15, -0.1) is 0 Å². The van der Waals surface area contributed by atoms with E-state index >= 15 is 0 Å². The van der Waals surface area contributed by atoms with E-state index in [-0.39, 0.29) is 23.9 Å². The van der Waals surface area contributed by atoms with E-state index < -0.39 is 23.4 Å². The summed E-state index contributed by atoms with van der Waals surface area (Å²) in [7, 11) is 0. The molecule has 6 rings (SSSR count). The van der Waals surface area contributed by atoms with Crippen molar-refractivity contribution in [2.75, 3.05) is 49.1 Å². The zero-order valence-electron chi connectivity index (χ0n) is 22.6. The first-order chi connectivity index (χ1) is 19.7. The number of halogens is 1. The summed E-state index contributed by atoms with van der Waals surface area (Å²) in [4.78, 5) is 40.8. The summed E-state index contributed by atoms with van der Waals surface area (Å²) in [6.45, 7) is 3.46. The van der Waals surface area contributed by atoms with Crippen LogP contribution in [0, 0.1) is 5.82 Å². The van der Waals surface area contributed by atoms with Crippen LogP contribution in [0.2, 0.25) is 0 Å². The van der Waals surface area contributed by atoms with Gasteiger partial charge >= 0.3 is 12.0 Å². The number of carboxylic acids is 1. The zero-order chi connectivity index (χ0) is 28.7. The van der Waals surface area contributed by atoms with E-state index in [4.69, 9.17) is 5.11 Å². The van der Waals surface area contributed by atoms with Gasteiger partial charge in [-0.25, -0.2) is 14.0 Å². The van der Waals surface area contributed by atoms with Crippen molar-refractivity contribution >= 4 is 40.2 Å². The average Bonchev–Trinajstić information content (AvgIpc) is 3.39. The lowest BCUT2D eigenvalue weighted by Gasteiger charge is -2.43. The van der Waals surface area contributed by atoms with E-state index in [1.165, 1.54) is 12.1 Å². The normalized spacial score (nSPS) is 20.4. The maximum atomic E-state index is 14.5. The van der Waals surface area contributed by atoms with Crippen molar-refractivity contribution in [3.05, 3.63) is 54.0 Å². The van der Waals surface area contributed by atoms with Crippen LogP contribution in [0.1, 0.15) is 48.5 Å². The number of carbonyl (C=O) groups is 3. The number of aromatic nitrogens is 2. The number of carbonyl (C=O) groups excluding carboxylic acids is 2. The summed E-state index contributed by atoms with van der Waals surface area (Å²) in [6, 6.07) is 9.49. The first kappa shape index (κ1) is 27.2. The molecule has 11 nitrogen and oxygen atoms in total. The van der Waals surface area contributed by atoms with Crippen molar-refractivity contribution in [2.24, 2.45) is 0 Å². The van der Waals surface area contributed by atoms with Crippen LogP contribution in [0.4, 0.5) is 20.6 Å². The van der Waals surface area contributed by atoms with Gasteiger partial charge in [-0.05, 0) is 56.0 Å². The molecule has 12 heteroatoms. The largest absolute Gasteiger partial charge is 0.478 e. The van der Waals surface area contributed by atoms with Crippen LogP contribution in [0.15, 0.2) is 42.6 Å². The number of rotatable bonds is 6. The van der Waals surface area contributed by atoms with Gasteiger partial charge in [-0.2, -0.15) is 5.10 Å². The molecule has 2 aromatic carbocycles. The molecule has 1 aromatic heterocycles. The molecule has 41 heavy (non-hydrogen) atoms. The summed E-state index contributed by atoms with van der Waals surface area (Å²) in [6.07, 6.45) is 4.77. The maximum Gasteiger partial charge on any atom is 0.335 e. The standard InChI is InChI=1S/C29H33FN6O5/c30-22-16-19(27(38)39)4-5-25(22)34-14-9-29(41,10-15-34)18-33-11-6-20(7-12-33)36-24-3-1-2-23(21(24)17-31-36)35-13-8-26(37)32-28(35)40/h1-5,16-17,20,41H,6-15,18H2,(H,38,39)(H,32,37,40). The second-order valence-corrected chi connectivity index (χ2v) is 11.2. The molecule has 216 valence electrons. The van der Waals surface area contributed by atoms with Gasteiger partial charge in [-0.1, -0.05) is 6.07 Å². The fourth-order valence-electron chi connectivity index (χ4n) is 6.33. The van der Waals surface area contributed by atoms with Gasteiger partial charge in [0.05, 0.1) is 40.3 Å². The zero-order valence-corrected chi connectivity index (χ0v) is 22.6. The van der Waals surface area contributed by atoms with E-state index in [2.05, 4.69) is 15.3 Å². The van der Waals surface area contributed by atoms with Crippen LogP contribution >= 0.6 is 0 Å². The third-order valence-electron chi connectivity index (χ3n) is 8.61. The lowest BCUT2D eigenvalue weighted by molar-refractivity contribution is -0.120. The van der Waals surface area contributed by atoms with Crippen molar-refractivity contribution in [1.82, 2.24) is 20.0 Å². The summed E-state index contributed by atoms with van der Waals surface area (Å²) in [5, 5.41) is 28.4. The summed E-state index contributed by atoms with van der Waals surface area (Å²) >= 11 is 0. The molecule has 3 fully saturated rings. The van der Waals surface area contributed by atoms with Crippen molar-refractivity contribution in [3.8, 4) is 0 Å². The van der Waals surface area contributed by atoms with E-state index in [9.17, 15) is 23.9 Å². The Morgan fingerprint density at radius 3 is 2.49 bits per heavy atom. The number of hydrogen-bond donors (Lipinski definition) is 3. The lowest BCUT2D eigenvalue weighted by atomic mass is 9.89. The van der Waals surface area contributed by atoms with Crippen LogP contribution < -0.4 is 15.1 Å². The van der Waals surface area contributed by atoms with E-state index in [1.807, 2.05) is 27.8 Å². The van der Waals surface area contributed by atoms with Gasteiger partial charge in [0.15, 0.2) is 0 Å². The number of anilines is 2. The smallest absolute Gasteiger partial charge is 0.335 e. The Balaban J connectivity index is 1.06. The quantitative estimate of drug-likeness (QED) is 0.417. The summed E-state index contributed by atoms with van der Waals surface area (Å²) < 4.78 is 16.6. The molecule has 0 radical (unpaired) electrons. The van der Waals surface area contributed by atoms with Crippen molar-refractivity contribution in [1.29, 1.82) is 0 Å². The van der Waals surface area contributed by atoms with Crippen LogP contribution in [0.3, 0.4) is 0 Å². The second kappa shape index (κ2) is 10.7. The number of urea groups is 1. The number of β-amino-alcohol motifs (C(OH)–C–C–N with tert-alkyl or cyclic N) is 1. The number of carboxylic acid groups (broad SMARTS) is 1. The topological polar surface area (TPSA) is 131 Å². The second-order valence-electron chi connectivity index (χ2n) is 11.2. The van der Waals surface area contributed by atoms with Gasteiger partial charge in [-0.3, -0.25) is 19.7 Å². The molecule has 0 spiro atoms. The molecule has 0 bridgehead atoms. The van der Waals surface area contributed by atoms with Gasteiger partial charge in [0.25, 0.3) is 0 Å². The molecule has 3 aliphatic rings. The minimum atomic E-state index is -1.16. The minimum absolute atomic E-state index is 0.0844. The fraction of sp³-hybridized carbons (Fsp3) is 0.448. The van der Waals surface area contributed by atoms with E-state index in [0.29, 0.717) is 44.7 Å². The number of likely N-dealkylation sites (tertiary alicyclic amines) is 1. The number of nitrogens with one attached hydrogen (secondary N) is 1. The monoisotopic (exact) mass is 564 g/mol.